The maximum absolute atomic E-state index is 12.1. The van der Waals surface area contributed by atoms with Crippen molar-refractivity contribution in [2.24, 2.45) is 0 Å². The highest BCUT2D eigenvalue weighted by Gasteiger charge is 2.11. The Kier molecular flexibility index (Phi) is 5.80. The smallest absolute Gasteiger partial charge is 0.338 e. The molecule has 0 atom stereocenters. The number of rotatable bonds is 6. The van der Waals surface area contributed by atoms with Gasteiger partial charge in [-0.15, -0.1) is 0 Å². The number of esters is 1. The molecule has 0 unspecified atom stereocenters. The van der Waals surface area contributed by atoms with Gasteiger partial charge in [-0.05, 0) is 49.4 Å². The average Bonchev–Trinajstić information content (AvgIpc) is 3.03. The number of amides is 1. The lowest BCUT2D eigenvalue weighted by atomic mass is 10.2. The second kappa shape index (κ2) is 8.25. The van der Waals surface area contributed by atoms with Crippen molar-refractivity contribution in [1.82, 2.24) is 4.98 Å². The predicted octanol–water partition coefficient (Wildman–Crippen LogP) is 4.39. The van der Waals surface area contributed by atoms with Gasteiger partial charge in [-0.1, -0.05) is 23.4 Å². The summed E-state index contributed by atoms with van der Waals surface area (Å²) in [6, 6.07) is 11.7. The number of halogens is 1. The fourth-order valence-corrected chi connectivity index (χ4v) is 2.97. The Morgan fingerprint density at radius 3 is 2.73 bits per heavy atom. The van der Waals surface area contributed by atoms with E-state index in [2.05, 4.69) is 10.3 Å². The van der Waals surface area contributed by atoms with Gasteiger partial charge in [0.25, 0.3) is 5.22 Å². The molecule has 0 aliphatic heterocycles. The van der Waals surface area contributed by atoms with E-state index < -0.39 is 5.97 Å². The molecule has 1 N–H and O–H groups in total. The number of thioether (sulfide) groups is 1. The van der Waals surface area contributed by atoms with Gasteiger partial charge in [0.15, 0.2) is 5.58 Å². The van der Waals surface area contributed by atoms with Gasteiger partial charge in [-0.3, -0.25) is 4.79 Å². The van der Waals surface area contributed by atoms with Gasteiger partial charge in [0, 0.05) is 10.7 Å². The highest BCUT2D eigenvalue weighted by atomic mass is 35.5. The molecular weight excluding hydrogens is 376 g/mol. The van der Waals surface area contributed by atoms with Gasteiger partial charge < -0.3 is 14.5 Å². The lowest BCUT2D eigenvalue weighted by Crippen LogP contribution is -2.14. The lowest BCUT2D eigenvalue weighted by molar-refractivity contribution is -0.113. The normalized spacial score (nSPS) is 10.7. The lowest BCUT2D eigenvalue weighted by Gasteiger charge is -2.05. The number of aromatic nitrogens is 1. The minimum Gasteiger partial charge on any atom is -0.462 e. The van der Waals surface area contributed by atoms with Crippen LogP contribution in [0.5, 0.6) is 0 Å². The van der Waals surface area contributed by atoms with Gasteiger partial charge in [0.1, 0.15) is 5.52 Å². The number of hydrogen-bond donors (Lipinski definition) is 1. The summed E-state index contributed by atoms with van der Waals surface area (Å²) in [5.74, 6) is -0.462. The van der Waals surface area contributed by atoms with Gasteiger partial charge in [0.2, 0.25) is 5.91 Å². The number of fused-ring (bicyclic) bond motifs is 1. The summed E-state index contributed by atoms with van der Waals surface area (Å²) in [7, 11) is 0. The van der Waals surface area contributed by atoms with E-state index in [1.165, 1.54) is 11.8 Å². The van der Waals surface area contributed by atoms with Crippen LogP contribution in [0, 0.1) is 0 Å². The Labute approximate surface area is 158 Å². The first kappa shape index (κ1) is 18.3. The van der Waals surface area contributed by atoms with E-state index in [9.17, 15) is 9.59 Å². The molecule has 6 nitrogen and oxygen atoms in total. The van der Waals surface area contributed by atoms with Crippen LogP contribution in [0.4, 0.5) is 5.69 Å². The minimum atomic E-state index is -0.392. The number of anilines is 1. The first-order chi connectivity index (χ1) is 12.5. The van der Waals surface area contributed by atoms with Crippen LogP contribution in [0.2, 0.25) is 5.02 Å². The number of oxazole rings is 1. The molecule has 1 aromatic heterocycles. The molecule has 1 amide bonds. The predicted molar refractivity (Wildman–Crippen MR) is 101 cm³/mol. The average molecular weight is 391 g/mol. The van der Waals surface area contributed by atoms with Crippen molar-refractivity contribution in [2.45, 2.75) is 12.1 Å². The summed E-state index contributed by atoms with van der Waals surface area (Å²) in [6.07, 6.45) is 0. The molecule has 8 heteroatoms. The van der Waals surface area contributed by atoms with Crippen LogP contribution in [0.1, 0.15) is 17.3 Å². The number of hydrogen-bond acceptors (Lipinski definition) is 6. The monoisotopic (exact) mass is 390 g/mol. The van der Waals surface area contributed by atoms with Crippen LogP contribution >= 0.6 is 23.4 Å². The summed E-state index contributed by atoms with van der Waals surface area (Å²) in [4.78, 5) is 27.9. The highest BCUT2D eigenvalue weighted by molar-refractivity contribution is 7.99. The molecule has 2 aromatic carbocycles. The van der Waals surface area contributed by atoms with Gasteiger partial charge in [-0.2, -0.15) is 0 Å². The third-order valence-electron chi connectivity index (χ3n) is 3.34. The number of carbonyl (C=O) groups is 2. The Balaban J connectivity index is 1.55. The standard InChI is InChI=1S/C18H15ClN2O4S/c1-2-24-17(23)11-3-6-13(7-4-11)20-16(22)10-26-18-21-14-9-12(19)5-8-15(14)25-18/h3-9H,2,10H2,1H3,(H,20,22). The molecule has 0 radical (unpaired) electrons. The van der Waals surface area contributed by atoms with Crippen molar-refractivity contribution in [3.05, 3.63) is 53.1 Å². The molecular formula is C18H15ClN2O4S. The van der Waals surface area contributed by atoms with Crippen molar-refractivity contribution in [2.75, 3.05) is 17.7 Å². The summed E-state index contributed by atoms with van der Waals surface area (Å²) < 4.78 is 10.5. The van der Waals surface area contributed by atoms with E-state index in [0.29, 0.717) is 39.2 Å². The summed E-state index contributed by atoms with van der Waals surface area (Å²) >= 11 is 7.10. The zero-order chi connectivity index (χ0) is 18.5. The van der Waals surface area contributed by atoms with Crippen molar-refractivity contribution in [3.63, 3.8) is 0 Å². The number of carbonyl (C=O) groups excluding carboxylic acids is 2. The topological polar surface area (TPSA) is 81.4 Å². The van der Waals surface area contributed by atoms with Gasteiger partial charge in [0.05, 0.1) is 17.9 Å². The third-order valence-corrected chi connectivity index (χ3v) is 4.40. The number of ether oxygens (including phenoxy) is 1. The summed E-state index contributed by atoms with van der Waals surface area (Å²) in [5.41, 5.74) is 2.29. The van der Waals surface area contributed by atoms with Crippen LogP contribution in [0.3, 0.4) is 0 Å². The highest BCUT2D eigenvalue weighted by Crippen LogP contribution is 2.25. The zero-order valence-electron chi connectivity index (χ0n) is 13.8. The maximum Gasteiger partial charge on any atom is 0.338 e. The fourth-order valence-electron chi connectivity index (χ4n) is 2.17. The van der Waals surface area contributed by atoms with Gasteiger partial charge in [-0.25, -0.2) is 9.78 Å². The summed E-state index contributed by atoms with van der Waals surface area (Å²) in [5, 5.41) is 3.72. The molecule has 3 rings (SSSR count). The van der Waals surface area contributed by atoms with E-state index >= 15 is 0 Å². The van der Waals surface area contributed by atoms with E-state index in [-0.39, 0.29) is 11.7 Å². The van der Waals surface area contributed by atoms with Crippen LogP contribution < -0.4 is 5.32 Å². The quantitative estimate of drug-likeness (QED) is 0.496. The van der Waals surface area contributed by atoms with Crippen molar-refractivity contribution >= 4 is 52.0 Å². The van der Waals surface area contributed by atoms with E-state index in [1.807, 2.05) is 0 Å². The first-order valence-electron chi connectivity index (χ1n) is 7.81. The Morgan fingerprint density at radius 2 is 2.00 bits per heavy atom. The SMILES string of the molecule is CCOC(=O)c1ccc(NC(=O)CSc2nc3cc(Cl)ccc3o2)cc1. The Hall–Kier alpha value is -2.51. The second-order valence-corrected chi connectivity index (χ2v) is 6.59. The van der Waals surface area contributed by atoms with Crippen LogP contribution in [0.15, 0.2) is 52.1 Å². The molecule has 0 aliphatic carbocycles. The molecule has 0 saturated heterocycles. The molecule has 0 bridgehead atoms. The zero-order valence-corrected chi connectivity index (χ0v) is 15.4. The Bertz CT molecular complexity index is 940. The molecule has 0 saturated carbocycles. The third kappa shape index (κ3) is 4.56. The van der Waals surface area contributed by atoms with Crippen LogP contribution in [-0.4, -0.2) is 29.2 Å². The van der Waals surface area contributed by atoms with Gasteiger partial charge >= 0.3 is 5.97 Å². The molecule has 1 heterocycles. The van der Waals surface area contributed by atoms with Crippen LogP contribution in [-0.2, 0) is 9.53 Å². The molecule has 26 heavy (non-hydrogen) atoms. The largest absolute Gasteiger partial charge is 0.462 e. The molecule has 3 aromatic rings. The van der Waals surface area contributed by atoms with Crippen molar-refractivity contribution in [3.8, 4) is 0 Å². The molecule has 0 aliphatic rings. The van der Waals surface area contributed by atoms with Crippen molar-refractivity contribution < 1.29 is 18.7 Å². The first-order valence-corrected chi connectivity index (χ1v) is 9.17. The minimum absolute atomic E-state index is 0.139. The molecule has 0 spiro atoms. The number of nitrogens with one attached hydrogen (secondary N) is 1. The van der Waals surface area contributed by atoms with Crippen molar-refractivity contribution in [1.29, 1.82) is 0 Å². The summed E-state index contributed by atoms with van der Waals surface area (Å²) in [6.45, 7) is 2.06. The Morgan fingerprint density at radius 1 is 1.23 bits per heavy atom. The molecule has 0 fully saturated rings. The van der Waals surface area contributed by atoms with E-state index in [1.54, 1.807) is 49.4 Å². The fraction of sp³-hybridized carbons (Fsp3) is 0.167. The maximum atomic E-state index is 12.1. The number of nitrogens with zero attached hydrogens (tertiary/aromatic N) is 1. The molecule has 134 valence electrons. The number of benzene rings is 2. The second-order valence-electron chi connectivity index (χ2n) is 5.23. The van der Waals surface area contributed by atoms with E-state index in [4.69, 9.17) is 20.8 Å². The van der Waals surface area contributed by atoms with Crippen LogP contribution in [0.25, 0.3) is 11.1 Å². The van der Waals surface area contributed by atoms with E-state index in [0.717, 1.165) is 0 Å².